The molecule has 1 saturated carbocycles. The maximum Gasteiger partial charge on any atom is 0.229 e. The minimum Gasteiger partial charge on any atom is -0.339 e. The van der Waals surface area contributed by atoms with Crippen molar-refractivity contribution >= 4 is 29.1 Å². The molecule has 3 rings (SSSR count). The number of hydrogen-bond donors (Lipinski definition) is 1. The molecule has 1 aromatic rings. The topological polar surface area (TPSA) is 73.2 Å². The Kier molecular flexibility index (Phi) is 5.06. The highest BCUT2D eigenvalue weighted by atomic mass is 35.5. The van der Waals surface area contributed by atoms with E-state index in [0.717, 1.165) is 25.7 Å². The number of anilines is 1. The number of rotatable bonds is 3. The lowest BCUT2D eigenvalue weighted by Gasteiger charge is -2.31. The summed E-state index contributed by atoms with van der Waals surface area (Å²) in [6.45, 7) is 0.499. The van der Waals surface area contributed by atoms with E-state index in [-0.39, 0.29) is 24.2 Å². The van der Waals surface area contributed by atoms with E-state index in [1.807, 2.05) is 11.0 Å². The summed E-state index contributed by atoms with van der Waals surface area (Å²) in [4.78, 5) is 26.6. The molecule has 0 unspecified atom stereocenters. The fourth-order valence-electron chi connectivity index (χ4n) is 3.58. The van der Waals surface area contributed by atoms with E-state index < -0.39 is 0 Å². The second-order valence-corrected chi connectivity index (χ2v) is 6.94. The molecule has 0 bridgehead atoms. The highest BCUT2D eigenvalue weighted by Gasteiger charge is 2.38. The van der Waals surface area contributed by atoms with Gasteiger partial charge in [-0.05, 0) is 31.0 Å². The molecule has 2 aliphatic rings. The summed E-state index contributed by atoms with van der Waals surface area (Å²) < 4.78 is 0. The lowest BCUT2D eigenvalue weighted by Crippen LogP contribution is -2.38. The van der Waals surface area contributed by atoms with Crippen LogP contribution in [0.3, 0.4) is 0 Å². The molecule has 1 aromatic carbocycles. The Balaban J connectivity index is 1.62. The summed E-state index contributed by atoms with van der Waals surface area (Å²) in [5.74, 6) is -0.406. The average Bonchev–Trinajstić information content (AvgIpc) is 2.98. The van der Waals surface area contributed by atoms with Gasteiger partial charge in [-0.2, -0.15) is 5.26 Å². The summed E-state index contributed by atoms with van der Waals surface area (Å²) in [5.41, 5.74) is 0.918. The van der Waals surface area contributed by atoms with Crippen LogP contribution in [0.25, 0.3) is 0 Å². The number of amides is 2. The van der Waals surface area contributed by atoms with Crippen LogP contribution in [-0.2, 0) is 9.59 Å². The molecule has 24 heavy (non-hydrogen) atoms. The van der Waals surface area contributed by atoms with Gasteiger partial charge < -0.3 is 10.2 Å². The Morgan fingerprint density at radius 2 is 2.04 bits per heavy atom. The predicted octanol–water partition coefficient (Wildman–Crippen LogP) is 3.33. The van der Waals surface area contributed by atoms with Crippen LogP contribution in [-0.4, -0.2) is 29.3 Å². The van der Waals surface area contributed by atoms with Gasteiger partial charge in [0.15, 0.2) is 0 Å². The highest BCUT2D eigenvalue weighted by Crippen LogP contribution is 2.29. The molecule has 1 N–H and O–H groups in total. The molecule has 0 radical (unpaired) electrons. The third-order valence-corrected chi connectivity index (χ3v) is 5.21. The molecule has 1 atom stereocenters. The van der Waals surface area contributed by atoms with E-state index in [4.69, 9.17) is 16.9 Å². The normalized spacial score (nSPS) is 21.6. The number of hydrogen-bond acceptors (Lipinski definition) is 3. The molecule has 1 aliphatic carbocycles. The van der Waals surface area contributed by atoms with Crippen molar-refractivity contribution < 1.29 is 9.59 Å². The van der Waals surface area contributed by atoms with E-state index >= 15 is 0 Å². The van der Waals surface area contributed by atoms with Crippen molar-refractivity contribution in [3.05, 3.63) is 28.8 Å². The fraction of sp³-hybridized carbons (Fsp3) is 0.500. The van der Waals surface area contributed by atoms with Crippen molar-refractivity contribution in [3.63, 3.8) is 0 Å². The van der Waals surface area contributed by atoms with Crippen LogP contribution in [0, 0.1) is 17.2 Å². The van der Waals surface area contributed by atoms with Crippen LogP contribution in [0.4, 0.5) is 5.69 Å². The Bertz CT molecular complexity index is 692. The summed E-state index contributed by atoms with van der Waals surface area (Å²) in [5, 5.41) is 12.0. The van der Waals surface area contributed by atoms with Gasteiger partial charge in [0.1, 0.15) is 6.07 Å². The smallest absolute Gasteiger partial charge is 0.229 e. The molecule has 126 valence electrons. The summed E-state index contributed by atoms with van der Waals surface area (Å²) in [6, 6.07) is 7.07. The Labute approximate surface area is 146 Å². The number of carbonyl (C=O) groups is 2. The fourth-order valence-corrected chi connectivity index (χ4v) is 3.80. The maximum absolute atomic E-state index is 12.5. The van der Waals surface area contributed by atoms with Crippen LogP contribution >= 0.6 is 11.6 Å². The van der Waals surface area contributed by atoms with Crippen molar-refractivity contribution in [2.45, 2.75) is 44.6 Å². The first-order valence-electron chi connectivity index (χ1n) is 8.38. The molecule has 5 nitrogen and oxygen atoms in total. The first-order chi connectivity index (χ1) is 11.6. The van der Waals surface area contributed by atoms with Crippen molar-refractivity contribution in [1.29, 1.82) is 5.26 Å². The maximum atomic E-state index is 12.5. The van der Waals surface area contributed by atoms with Gasteiger partial charge in [-0.3, -0.25) is 9.59 Å². The van der Waals surface area contributed by atoms with Crippen LogP contribution in [0.1, 0.15) is 44.1 Å². The first-order valence-corrected chi connectivity index (χ1v) is 8.76. The molecule has 2 amide bonds. The lowest BCUT2D eigenvalue weighted by molar-refractivity contribution is -0.130. The highest BCUT2D eigenvalue weighted by molar-refractivity contribution is 6.32. The number of nitrogens with zero attached hydrogens (tertiary/aromatic N) is 2. The van der Waals surface area contributed by atoms with Gasteiger partial charge in [0, 0.05) is 24.7 Å². The zero-order chi connectivity index (χ0) is 17.1. The van der Waals surface area contributed by atoms with Gasteiger partial charge in [-0.1, -0.05) is 30.9 Å². The molecular weight excluding hydrogens is 326 g/mol. The van der Waals surface area contributed by atoms with Crippen molar-refractivity contribution in [2.75, 3.05) is 11.9 Å². The van der Waals surface area contributed by atoms with Gasteiger partial charge in [-0.25, -0.2) is 0 Å². The monoisotopic (exact) mass is 345 g/mol. The summed E-state index contributed by atoms with van der Waals surface area (Å²) in [7, 11) is 0. The Morgan fingerprint density at radius 3 is 2.71 bits per heavy atom. The molecule has 6 heteroatoms. The van der Waals surface area contributed by atoms with Crippen molar-refractivity contribution in [3.8, 4) is 6.07 Å². The third kappa shape index (κ3) is 3.54. The number of benzene rings is 1. The first kappa shape index (κ1) is 16.8. The van der Waals surface area contributed by atoms with Crippen LogP contribution in [0.5, 0.6) is 0 Å². The Hall–Kier alpha value is -2.06. The van der Waals surface area contributed by atoms with Crippen molar-refractivity contribution in [2.24, 2.45) is 5.92 Å². The number of nitriles is 1. The van der Waals surface area contributed by atoms with E-state index in [1.54, 1.807) is 18.2 Å². The van der Waals surface area contributed by atoms with E-state index in [1.165, 1.54) is 6.42 Å². The molecule has 1 saturated heterocycles. The van der Waals surface area contributed by atoms with Gasteiger partial charge in [0.25, 0.3) is 0 Å². The van der Waals surface area contributed by atoms with Gasteiger partial charge in [0.05, 0.1) is 16.5 Å². The minimum atomic E-state index is -0.325. The molecular formula is C18H20ClN3O2. The molecule has 1 aliphatic heterocycles. The SMILES string of the molecule is N#Cc1ccc(NC(=O)[C@@H]2CC(=O)N(C3CCCCC3)C2)cc1Cl. The summed E-state index contributed by atoms with van der Waals surface area (Å²) in [6.07, 6.45) is 5.93. The number of carbonyl (C=O) groups excluding carboxylic acids is 2. The quantitative estimate of drug-likeness (QED) is 0.913. The summed E-state index contributed by atoms with van der Waals surface area (Å²) >= 11 is 5.98. The number of nitrogens with one attached hydrogen (secondary N) is 1. The van der Waals surface area contributed by atoms with Crippen LogP contribution in [0.15, 0.2) is 18.2 Å². The van der Waals surface area contributed by atoms with Gasteiger partial charge in [0.2, 0.25) is 11.8 Å². The predicted molar refractivity (Wildman–Crippen MR) is 91.5 cm³/mol. The van der Waals surface area contributed by atoms with E-state index in [0.29, 0.717) is 28.9 Å². The zero-order valence-electron chi connectivity index (χ0n) is 13.4. The standard InChI is InChI=1S/C18H20ClN3O2/c19-16-9-14(7-6-12(16)10-20)21-18(24)13-8-17(23)22(11-13)15-4-2-1-3-5-15/h6-7,9,13,15H,1-5,8,11H2,(H,21,24)/t13-/m1/s1. The zero-order valence-corrected chi connectivity index (χ0v) is 14.2. The van der Waals surface area contributed by atoms with E-state index in [9.17, 15) is 9.59 Å². The lowest BCUT2D eigenvalue weighted by atomic mass is 9.94. The van der Waals surface area contributed by atoms with Crippen LogP contribution in [0.2, 0.25) is 5.02 Å². The minimum absolute atomic E-state index is 0.0833. The van der Waals surface area contributed by atoms with Crippen molar-refractivity contribution in [1.82, 2.24) is 4.90 Å². The number of likely N-dealkylation sites (tertiary alicyclic amines) is 1. The van der Waals surface area contributed by atoms with Crippen LogP contribution < -0.4 is 5.32 Å². The van der Waals surface area contributed by atoms with E-state index in [2.05, 4.69) is 5.32 Å². The van der Waals surface area contributed by atoms with Gasteiger partial charge in [-0.15, -0.1) is 0 Å². The molecule has 2 fully saturated rings. The second kappa shape index (κ2) is 7.23. The molecule has 0 spiro atoms. The Morgan fingerprint density at radius 1 is 1.29 bits per heavy atom. The largest absolute Gasteiger partial charge is 0.339 e. The molecule has 1 heterocycles. The molecule has 0 aromatic heterocycles. The second-order valence-electron chi connectivity index (χ2n) is 6.53. The average molecular weight is 346 g/mol. The third-order valence-electron chi connectivity index (χ3n) is 4.90. The number of halogens is 1. The van der Waals surface area contributed by atoms with Gasteiger partial charge >= 0.3 is 0 Å².